The first-order chi connectivity index (χ1) is 17.5. The Morgan fingerprint density at radius 3 is 2.08 bits per heavy atom. The molecule has 1 aliphatic heterocycles. The zero-order chi connectivity index (χ0) is 27.1. The molecule has 1 aliphatic rings. The zero-order valence-electron chi connectivity index (χ0n) is 22.4. The molecule has 1 N–H and O–H groups in total. The van der Waals surface area contributed by atoms with Gasteiger partial charge in [-0.2, -0.15) is 0 Å². The quantitative estimate of drug-likeness (QED) is 0.255. The summed E-state index contributed by atoms with van der Waals surface area (Å²) < 4.78 is 11.0. The first-order valence-electron chi connectivity index (χ1n) is 12.2. The van der Waals surface area contributed by atoms with Crippen LogP contribution in [0.3, 0.4) is 0 Å². The molecule has 1 saturated heterocycles. The zero-order valence-corrected chi connectivity index (χ0v) is 22.4. The number of carbonyl (C=O) groups is 2. The fourth-order valence-electron chi connectivity index (χ4n) is 4.82. The van der Waals surface area contributed by atoms with Gasteiger partial charge in [-0.3, -0.25) is 14.5 Å². The Labute approximate surface area is 218 Å². The van der Waals surface area contributed by atoms with Crippen LogP contribution in [0.4, 0.5) is 5.69 Å². The number of methoxy groups -OCH3 is 2. The van der Waals surface area contributed by atoms with E-state index in [1.54, 1.807) is 26.4 Å². The first kappa shape index (κ1) is 26.0. The average molecular weight is 500 g/mol. The lowest BCUT2D eigenvalue weighted by Gasteiger charge is -2.27. The molecule has 0 aliphatic carbocycles. The highest BCUT2D eigenvalue weighted by atomic mass is 16.5. The predicted molar refractivity (Wildman–Crippen MR) is 145 cm³/mol. The number of nitrogens with zero attached hydrogens (tertiary/aromatic N) is 1. The Balaban J connectivity index is 1.97. The van der Waals surface area contributed by atoms with Crippen LogP contribution >= 0.6 is 0 Å². The van der Waals surface area contributed by atoms with Crippen molar-refractivity contribution in [1.82, 2.24) is 0 Å². The molecule has 0 radical (unpaired) electrons. The molecule has 6 heteroatoms. The van der Waals surface area contributed by atoms with Gasteiger partial charge in [0.25, 0.3) is 11.7 Å². The summed E-state index contributed by atoms with van der Waals surface area (Å²) in [6.07, 6.45) is 0. The van der Waals surface area contributed by atoms with Gasteiger partial charge in [0.2, 0.25) is 0 Å². The van der Waals surface area contributed by atoms with Crippen molar-refractivity contribution in [3.05, 3.63) is 94.1 Å². The molecule has 4 rings (SSSR count). The van der Waals surface area contributed by atoms with Gasteiger partial charge < -0.3 is 14.6 Å². The molecule has 3 aromatic carbocycles. The molecule has 1 fully saturated rings. The maximum absolute atomic E-state index is 13.6. The number of hydrogen-bond donors (Lipinski definition) is 1. The molecule has 1 heterocycles. The number of rotatable bonds is 5. The van der Waals surface area contributed by atoms with Crippen molar-refractivity contribution in [2.75, 3.05) is 19.1 Å². The van der Waals surface area contributed by atoms with Crippen LogP contribution in [0, 0.1) is 13.8 Å². The number of Topliss-reactive ketones (excluding diaryl/α,β-unsaturated/α-hetero) is 1. The molecule has 1 amide bonds. The van der Waals surface area contributed by atoms with Crippen LogP contribution in [-0.2, 0) is 15.0 Å². The number of ether oxygens (including phenoxy) is 2. The monoisotopic (exact) mass is 499 g/mol. The van der Waals surface area contributed by atoms with Crippen LogP contribution < -0.4 is 14.4 Å². The number of carbonyl (C=O) groups excluding carboxylic acids is 2. The summed E-state index contributed by atoms with van der Waals surface area (Å²) >= 11 is 0. The molecule has 0 bridgehead atoms. The van der Waals surface area contributed by atoms with Gasteiger partial charge in [0.1, 0.15) is 17.3 Å². The highest BCUT2D eigenvalue weighted by Crippen LogP contribution is 2.45. The highest BCUT2D eigenvalue weighted by molar-refractivity contribution is 6.51. The number of anilines is 1. The topological polar surface area (TPSA) is 76.1 Å². The maximum Gasteiger partial charge on any atom is 0.300 e. The lowest BCUT2D eigenvalue weighted by atomic mass is 9.87. The summed E-state index contributed by atoms with van der Waals surface area (Å²) in [5.74, 6) is -0.495. The van der Waals surface area contributed by atoms with Crippen molar-refractivity contribution >= 4 is 23.1 Å². The molecule has 0 spiro atoms. The second kappa shape index (κ2) is 9.77. The maximum atomic E-state index is 13.6. The van der Waals surface area contributed by atoms with E-state index in [4.69, 9.17) is 9.47 Å². The van der Waals surface area contributed by atoms with Gasteiger partial charge in [-0.05, 0) is 66.3 Å². The third-order valence-electron chi connectivity index (χ3n) is 6.89. The first-order valence-corrected chi connectivity index (χ1v) is 12.2. The Bertz CT molecular complexity index is 1400. The minimum Gasteiger partial charge on any atom is -0.507 e. The average Bonchev–Trinajstić information content (AvgIpc) is 3.14. The SMILES string of the molecule is COc1cc(C)c(/C(O)=C2\C(=O)C(=O)N(c3ccc(C(C)(C)C)cc3)C2c2ccccc2OC)cc1C. The molecule has 1 unspecified atom stereocenters. The number of para-hydroxylation sites is 1. The van der Waals surface area contributed by atoms with E-state index in [1.165, 1.54) is 4.90 Å². The number of aryl methyl sites for hydroxylation is 2. The largest absolute Gasteiger partial charge is 0.507 e. The summed E-state index contributed by atoms with van der Waals surface area (Å²) in [4.78, 5) is 28.5. The van der Waals surface area contributed by atoms with Gasteiger partial charge in [-0.1, -0.05) is 51.1 Å². The second-order valence-corrected chi connectivity index (χ2v) is 10.3. The van der Waals surface area contributed by atoms with E-state index in [9.17, 15) is 14.7 Å². The molecular weight excluding hydrogens is 466 g/mol. The van der Waals surface area contributed by atoms with Crippen LogP contribution in [0.15, 0.2) is 66.2 Å². The molecule has 3 aromatic rings. The molecular formula is C31H33NO5. The Morgan fingerprint density at radius 2 is 1.49 bits per heavy atom. The molecule has 6 nitrogen and oxygen atoms in total. The van der Waals surface area contributed by atoms with E-state index in [0.717, 1.165) is 16.7 Å². The van der Waals surface area contributed by atoms with Gasteiger partial charge in [0.15, 0.2) is 0 Å². The predicted octanol–water partition coefficient (Wildman–Crippen LogP) is 6.24. The van der Waals surface area contributed by atoms with Crippen LogP contribution in [-0.4, -0.2) is 31.0 Å². The van der Waals surface area contributed by atoms with Crippen LogP contribution in [0.25, 0.3) is 5.76 Å². The van der Waals surface area contributed by atoms with Crippen molar-refractivity contribution in [3.63, 3.8) is 0 Å². The Kier molecular flexibility index (Phi) is 6.87. The van der Waals surface area contributed by atoms with Crippen molar-refractivity contribution in [1.29, 1.82) is 0 Å². The highest BCUT2D eigenvalue weighted by Gasteiger charge is 2.48. The van der Waals surface area contributed by atoms with E-state index in [2.05, 4.69) is 20.8 Å². The number of aliphatic hydroxyl groups excluding tert-OH is 1. The van der Waals surface area contributed by atoms with Crippen molar-refractivity contribution in [3.8, 4) is 11.5 Å². The van der Waals surface area contributed by atoms with Gasteiger partial charge in [0, 0.05) is 16.8 Å². The number of aliphatic hydroxyl groups is 1. The summed E-state index contributed by atoms with van der Waals surface area (Å²) in [5, 5.41) is 11.6. The minimum absolute atomic E-state index is 0.0158. The molecule has 192 valence electrons. The van der Waals surface area contributed by atoms with Gasteiger partial charge in [-0.15, -0.1) is 0 Å². The second-order valence-electron chi connectivity index (χ2n) is 10.3. The van der Waals surface area contributed by atoms with Crippen molar-refractivity contribution < 1.29 is 24.2 Å². The van der Waals surface area contributed by atoms with Crippen molar-refractivity contribution in [2.45, 2.75) is 46.1 Å². The summed E-state index contributed by atoms with van der Waals surface area (Å²) in [5.41, 5.74) is 4.21. The van der Waals surface area contributed by atoms with Gasteiger partial charge in [-0.25, -0.2) is 0 Å². The molecule has 37 heavy (non-hydrogen) atoms. The van der Waals surface area contributed by atoms with Gasteiger partial charge in [0.05, 0.1) is 25.8 Å². The number of benzene rings is 3. The summed E-state index contributed by atoms with van der Waals surface area (Å²) in [6.45, 7) is 10.0. The normalized spacial score (nSPS) is 17.3. The van der Waals surface area contributed by atoms with E-state index in [-0.39, 0.29) is 16.7 Å². The van der Waals surface area contributed by atoms with Crippen LogP contribution in [0.2, 0.25) is 0 Å². The van der Waals surface area contributed by atoms with E-state index < -0.39 is 17.7 Å². The number of amides is 1. The molecule has 1 atom stereocenters. The smallest absolute Gasteiger partial charge is 0.300 e. The summed E-state index contributed by atoms with van der Waals surface area (Å²) in [7, 11) is 3.12. The van der Waals surface area contributed by atoms with Crippen LogP contribution in [0.1, 0.15) is 54.6 Å². The lowest BCUT2D eigenvalue weighted by molar-refractivity contribution is -0.132. The fraction of sp³-hybridized carbons (Fsp3) is 0.290. The standard InChI is InChI=1S/C31H33NO5/c1-18-17-25(37-7)19(2)16-23(18)28(33)26-27(22-10-8-9-11-24(22)36-6)32(30(35)29(26)34)21-14-12-20(13-15-21)31(3,4)5/h8-17,27,33H,1-7H3/b28-26+. The third kappa shape index (κ3) is 4.59. The summed E-state index contributed by atoms with van der Waals surface area (Å²) in [6, 6.07) is 17.6. The number of hydrogen-bond acceptors (Lipinski definition) is 5. The molecule has 0 aromatic heterocycles. The lowest BCUT2D eigenvalue weighted by Crippen LogP contribution is -2.29. The fourth-order valence-corrected chi connectivity index (χ4v) is 4.82. The van der Waals surface area contributed by atoms with Gasteiger partial charge >= 0.3 is 0 Å². The molecule has 0 saturated carbocycles. The minimum atomic E-state index is -0.876. The number of ketones is 1. The van der Waals surface area contributed by atoms with E-state index in [1.807, 2.05) is 62.4 Å². The Hall–Kier alpha value is -4.06. The van der Waals surface area contributed by atoms with Crippen molar-refractivity contribution in [2.24, 2.45) is 0 Å². The third-order valence-corrected chi connectivity index (χ3v) is 6.89. The van der Waals surface area contributed by atoms with Crippen LogP contribution in [0.5, 0.6) is 11.5 Å². The van der Waals surface area contributed by atoms with E-state index in [0.29, 0.717) is 28.3 Å². The Morgan fingerprint density at radius 1 is 0.865 bits per heavy atom. The van der Waals surface area contributed by atoms with E-state index >= 15 is 0 Å².